The van der Waals surface area contributed by atoms with Crippen LogP contribution in [0.2, 0.25) is 0 Å². The summed E-state index contributed by atoms with van der Waals surface area (Å²) in [6.45, 7) is 1.45. The summed E-state index contributed by atoms with van der Waals surface area (Å²) in [5.74, 6) is -1.67. The van der Waals surface area contributed by atoms with E-state index in [0.29, 0.717) is 5.01 Å². The molecule has 0 aliphatic heterocycles. The van der Waals surface area contributed by atoms with Gasteiger partial charge in [0.25, 0.3) is 10.0 Å². The van der Waals surface area contributed by atoms with Gasteiger partial charge in [-0.25, -0.2) is 18.2 Å². The molecule has 0 radical (unpaired) electrons. The van der Waals surface area contributed by atoms with Gasteiger partial charge < -0.3 is 10.4 Å². The first-order valence-electron chi connectivity index (χ1n) is 6.31. The number of amides is 1. The summed E-state index contributed by atoms with van der Waals surface area (Å²) in [7, 11) is -3.73. The molecule has 0 fully saturated rings. The Morgan fingerprint density at radius 1 is 1.39 bits per heavy atom. The van der Waals surface area contributed by atoms with Gasteiger partial charge in [0.2, 0.25) is 5.91 Å². The average Bonchev–Trinajstić information content (AvgIpc) is 3.15. The lowest BCUT2D eigenvalue weighted by Crippen LogP contribution is -2.44. The molecule has 0 saturated heterocycles. The van der Waals surface area contributed by atoms with E-state index < -0.39 is 27.9 Å². The van der Waals surface area contributed by atoms with E-state index in [1.807, 2.05) is 0 Å². The summed E-state index contributed by atoms with van der Waals surface area (Å²) in [4.78, 5) is 26.5. The third-order valence-corrected chi connectivity index (χ3v) is 6.46. The van der Waals surface area contributed by atoms with Gasteiger partial charge in [0.15, 0.2) is 5.69 Å². The smallest absolute Gasteiger partial charge is 0.355 e. The van der Waals surface area contributed by atoms with Crippen molar-refractivity contribution in [1.29, 1.82) is 0 Å². The number of nitrogens with one attached hydrogen (secondary N) is 2. The molecular weight excluding hydrogens is 362 g/mol. The minimum Gasteiger partial charge on any atom is -0.476 e. The standard InChI is InChI=1S/C12H13N3O5S3/c1-7(15-23(19,20)10-3-2-4-21-10)11(16)13-5-9-14-8(6-22-9)12(17)18/h2-4,6-7,15H,5H2,1H3,(H,13,16)(H,17,18). The van der Waals surface area contributed by atoms with Crippen molar-refractivity contribution in [1.82, 2.24) is 15.0 Å². The number of hydrogen-bond donors (Lipinski definition) is 3. The lowest BCUT2D eigenvalue weighted by Gasteiger charge is -2.13. The van der Waals surface area contributed by atoms with Gasteiger partial charge in [-0.05, 0) is 18.4 Å². The molecule has 23 heavy (non-hydrogen) atoms. The first kappa shape index (κ1) is 17.5. The Morgan fingerprint density at radius 2 is 2.13 bits per heavy atom. The van der Waals surface area contributed by atoms with Gasteiger partial charge in [0, 0.05) is 5.38 Å². The molecule has 2 aromatic rings. The Hall–Kier alpha value is -1.82. The predicted octanol–water partition coefficient (Wildman–Crippen LogP) is 0.886. The van der Waals surface area contributed by atoms with E-state index in [-0.39, 0.29) is 16.4 Å². The molecule has 0 saturated carbocycles. The molecule has 0 aromatic carbocycles. The molecule has 8 nitrogen and oxygen atoms in total. The van der Waals surface area contributed by atoms with Crippen molar-refractivity contribution in [3.63, 3.8) is 0 Å². The molecule has 2 rings (SSSR count). The number of rotatable bonds is 7. The monoisotopic (exact) mass is 375 g/mol. The maximum atomic E-state index is 12.0. The van der Waals surface area contributed by atoms with E-state index in [0.717, 1.165) is 22.7 Å². The van der Waals surface area contributed by atoms with Gasteiger partial charge in [-0.2, -0.15) is 4.72 Å². The van der Waals surface area contributed by atoms with Crippen molar-refractivity contribution in [2.75, 3.05) is 0 Å². The summed E-state index contributed by atoms with van der Waals surface area (Å²) in [5, 5.41) is 14.7. The SMILES string of the molecule is CC(NS(=O)(=O)c1cccs1)C(=O)NCc1nc(C(=O)O)cs1. The fourth-order valence-electron chi connectivity index (χ4n) is 1.57. The van der Waals surface area contributed by atoms with Crippen LogP contribution in [-0.4, -0.2) is 36.4 Å². The second kappa shape index (κ2) is 7.17. The Morgan fingerprint density at radius 3 is 2.70 bits per heavy atom. The summed E-state index contributed by atoms with van der Waals surface area (Å²) >= 11 is 2.15. The van der Waals surface area contributed by atoms with Crippen molar-refractivity contribution in [3.8, 4) is 0 Å². The zero-order valence-corrected chi connectivity index (χ0v) is 14.3. The van der Waals surface area contributed by atoms with Crippen LogP contribution in [0.3, 0.4) is 0 Å². The summed E-state index contributed by atoms with van der Waals surface area (Å²) in [6, 6.07) is 2.08. The van der Waals surface area contributed by atoms with Gasteiger partial charge in [0.1, 0.15) is 9.22 Å². The van der Waals surface area contributed by atoms with Crippen LogP contribution in [0.5, 0.6) is 0 Å². The number of carboxylic acids is 1. The van der Waals surface area contributed by atoms with Crippen molar-refractivity contribution in [2.45, 2.75) is 23.7 Å². The third kappa shape index (κ3) is 4.58. The van der Waals surface area contributed by atoms with Crippen molar-refractivity contribution in [2.24, 2.45) is 0 Å². The van der Waals surface area contributed by atoms with Gasteiger partial charge in [-0.3, -0.25) is 4.79 Å². The quantitative estimate of drug-likeness (QED) is 0.660. The number of nitrogens with zero attached hydrogens (tertiary/aromatic N) is 1. The van der Waals surface area contributed by atoms with E-state index in [9.17, 15) is 18.0 Å². The highest BCUT2D eigenvalue weighted by Crippen LogP contribution is 2.15. The number of hydrogen-bond acceptors (Lipinski definition) is 7. The molecule has 124 valence electrons. The van der Waals surface area contributed by atoms with Gasteiger partial charge in [-0.15, -0.1) is 22.7 Å². The summed E-state index contributed by atoms with van der Waals surface area (Å²) < 4.78 is 26.4. The van der Waals surface area contributed by atoms with Crippen LogP contribution >= 0.6 is 22.7 Å². The topological polar surface area (TPSA) is 125 Å². The maximum absolute atomic E-state index is 12.0. The fourth-order valence-corrected chi connectivity index (χ4v) is 4.49. The predicted molar refractivity (Wildman–Crippen MR) is 85.0 cm³/mol. The molecule has 1 amide bonds. The zero-order chi connectivity index (χ0) is 17.0. The number of aromatic carboxylic acids is 1. The molecule has 0 aliphatic carbocycles. The number of aromatic nitrogens is 1. The molecule has 0 spiro atoms. The largest absolute Gasteiger partial charge is 0.476 e. The van der Waals surface area contributed by atoms with E-state index in [4.69, 9.17) is 5.11 Å². The van der Waals surface area contributed by atoms with E-state index in [2.05, 4.69) is 15.0 Å². The molecule has 0 aliphatic rings. The summed E-state index contributed by atoms with van der Waals surface area (Å²) in [6.07, 6.45) is 0. The van der Waals surface area contributed by atoms with Crippen LogP contribution in [0.25, 0.3) is 0 Å². The second-order valence-corrected chi connectivity index (χ2v) is 8.26. The third-order valence-electron chi connectivity index (χ3n) is 2.67. The molecule has 3 N–H and O–H groups in total. The van der Waals surface area contributed by atoms with Crippen molar-refractivity contribution < 1.29 is 23.1 Å². The van der Waals surface area contributed by atoms with Crippen molar-refractivity contribution >= 4 is 44.6 Å². The maximum Gasteiger partial charge on any atom is 0.355 e. The lowest BCUT2D eigenvalue weighted by atomic mass is 10.3. The van der Waals surface area contributed by atoms with E-state index in [1.54, 1.807) is 11.4 Å². The minimum absolute atomic E-state index is 0.0296. The number of carbonyl (C=O) groups excluding carboxylic acids is 1. The highest BCUT2D eigenvalue weighted by atomic mass is 32.2. The molecule has 2 heterocycles. The number of thiophene rings is 1. The molecule has 0 bridgehead atoms. The molecule has 1 atom stereocenters. The summed E-state index contributed by atoms with van der Waals surface area (Å²) in [5.41, 5.74) is -0.0919. The lowest BCUT2D eigenvalue weighted by molar-refractivity contribution is -0.122. The van der Waals surface area contributed by atoms with Crippen LogP contribution in [0.1, 0.15) is 22.4 Å². The van der Waals surface area contributed by atoms with Gasteiger partial charge >= 0.3 is 5.97 Å². The highest BCUT2D eigenvalue weighted by molar-refractivity contribution is 7.91. The molecular formula is C12H13N3O5S3. The van der Waals surface area contributed by atoms with Gasteiger partial charge in [0.05, 0.1) is 12.6 Å². The van der Waals surface area contributed by atoms with Crippen molar-refractivity contribution in [3.05, 3.63) is 33.6 Å². The van der Waals surface area contributed by atoms with Gasteiger partial charge in [-0.1, -0.05) is 6.07 Å². The highest BCUT2D eigenvalue weighted by Gasteiger charge is 2.22. The van der Waals surface area contributed by atoms with Crippen LogP contribution in [0, 0.1) is 0 Å². The Labute approximate surface area is 140 Å². The number of carbonyl (C=O) groups is 2. The Kier molecular flexibility index (Phi) is 5.46. The van der Waals surface area contributed by atoms with E-state index >= 15 is 0 Å². The molecule has 1 unspecified atom stereocenters. The zero-order valence-electron chi connectivity index (χ0n) is 11.8. The number of sulfonamides is 1. The fraction of sp³-hybridized carbons (Fsp3) is 0.250. The van der Waals surface area contributed by atoms with Crippen LogP contribution < -0.4 is 10.0 Å². The molecule has 11 heteroatoms. The number of thiazole rings is 1. The molecule has 2 aromatic heterocycles. The first-order valence-corrected chi connectivity index (χ1v) is 9.55. The Bertz CT molecular complexity index is 798. The van der Waals surface area contributed by atoms with Crippen LogP contribution in [-0.2, 0) is 21.4 Å². The normalized spacial score (nSPS) is 12.7. The van der Waals surface area contributed by atoms with Crippen LogP contribution in [0.4, 0.5) is 0 Å². The number of carboxylic acid groups (broad SMARTS) is 1. The Balaban J connectivity index is 1.91. The van der Waals surface area contributed by atoms with Crippen LogP contribution in [0.15, 0.2) is 27.1 Å². The second-order valence-electron chi connectivity index (χ2n) is 4.42. The minimum atomic E-state index is -3.73. The first-order chi connectivity index (χ1) is 10.8. The van der Waals surface area contributed by atoms with E-state index in [1.165, 1.54) is 18.4 Å². The average molecular weight is 375 g/mol.